The van der Waals surface area contributed by atoms with E-state index in [1.165, 1.54) is 0 Å². The Balaban J connectivity index is 1.55. The van der Waals surface area contributed by atoms with Gasteiger partial charge in [0.2, 0.25) is 5.82 Å². The van der Waals surface area contributed by atoms with Crippen LogP contribution in [0.2, 0.25) is 0 Å². The van der Waals surface area contributed by atoms with Gasteiger partial charge < -0.3 is 24.0 Å². The van der Waals surface area contributed by atoms with Crippen LogP contribution in [0.4, 0.5) is 16.3 Å². The number of anilines is 2. The number of carbonyl (C=O) groups is 1. The molecule has 34 heavy (non-hydrogen) atoms. The molecular weight excluding hydrogens is 434 g/mol. The van der Waals surface area contributed by atoms with Crippen LogP contribution in [0.15, 0.2) is 42.5 Å². The number of hydrogen-bond acceptors (Lipinski definition) is 7. The molecule has 0 saturated carbocycles. The average molecular weight is 466 g/mol. The largest absolute Gasteiger partial charge is 0.497 e. The van der Waals surface area contributed by atoms with Crippen molar-refractivity contribution < 1.29 is 19.0 Å². The third kappa shape index (κ3) is 4.64. The lowest BCUT2D eigenvalue weighted by Crippen LogP contribution is -2.54. The number of ether oxygens (including phenoxy) is 3. The van der Waals surface area contributed by atoms with E-state index < -0.39 is 0 Å². The van der Waals surface area contributed by atoms with Crippen LogP contribution in [0.1, 0.15) is 13.8 Å². The van der Waals surface area contributed by atoms with Crippen LogP contribution in [0, 0.1) is 0 Å². The van der Waals surface area contributed by atoms with Gasteiger partial charge in [0.1, 0.15) is 11.5 Å². The molecule has 0 N–H and O–H groups in total. The van der Waals surface area contributed by atoms with Crippen molar-refractivity contribution in [2.45, 2.75) is 19.9 Å². The molecule has 180 valence electrons. The van der Waals surface area contributed by atoms with Gasteiger partial charge in [0, 0.05) is 56.1 Å². The fraction of sp³-hybridized carbons (Fsp3) is 0.400. The molecule has 4 rings (SSSR count). The summed E-state index contributed by atoms with van der Waals surface area (Å²) in [6.07, 6.45) is 0. The zero-order valence-electron chi connectivity index (χ0n) is 20.3. The summed E-state index contributed by atoms with van der Waals surface area (Å²) in [5.74, 6) is 2.24. The molecule has 1 aromatic heterocycles. The Bertz CT molecular complexity index is 1140. The number of piperazine rings is 1. The zero-order valence-corrected chi connectivity index (χ0v) is 20.3. The number of amides is 2. The lowest BCUT2D eigenvalue weighted by atomic mass is 10.2. The highest BCUT2D eigenvalue weighted by Crippen LogP contribution is 2.31. The molecule has 1 aliphatic rings. The van der Waals surface area contributed by atoms with E-state index in [-0.39, 0.29) is 12.1 Å². The van der Waals surface area contributed by atoms with E-state index in [2.05, 4.69) is 9.88 Å². The number of aromatic nitrogens is 2. The summed E-state index contributed by atoms with van der Waals surface area (Å²) in [7, 11) is 4.83. The van der Waals surface area contributed by atoms with Crippen molar-refractivity contribution in [3.8, 4) is 17.4 Å². The molecular formula is C25H31N5O4. The van der Waals surface area contributed by atoms with Crippen molar-refractivity contribution in [3.05, 3.63) is 42.5 Å². The molecule has 1 aliphatic heterocycles. The minimum atomic E-state index is -0.127. The molecule has 1 saturated heterocycles. The molecule has 0 bridgehead atoms. The first kappa shape index (κ1) is 23.4. The second-order valence-electron chi connectivity index (χ2n) is 8.34. The first-order chi connectivity index (χ1) is 16.4. The number of nitrogens with zero attached hydrogens (tertiary/aromatic N) is 5. The number of urea groups is 1. The van der Waals surface area contributed by atoms with Gasteiger partial charge in [-0.05, 0) is 26.0 Å². The maximum Gasteiger partial charge on any atom is 0.326 e. The summed E-state index contributed by atoms with van der Waals surface area (Å²) in [5.41, 5.74) is 2.45. The average Bonchev–Trinajstić information content (AvgIpc) is 2.87. The Morgan fingerprint density at radius 3 is 2.00 bits per heavy atom. The van der Waals surface area contributed by atoms with Crippen molar-refractivity contribution in [1.82, 2.24) is 14.9 Å². The quantitative estimate of drug-likeness (QED) is 0.548. The van der Waals surface area contributed by atoms with E-state index in [1.807, 2.05) is 61.2 Å². The lowest BCUT2D eigenvalue weighted by Gasteiger charge is -2.39. The van der Waals surface area contributed by atoms with E-state index in [0.29, 0.717) is 43.4 Å². The summed E-state index contributed by atoms with van der Waals surface area (Å²) < 4.78 is 16.3. The summed E-state index contributed by atoms with van der Waals surface area (Å²) in [6, 6.07) is 13.1. The SMILES string of the molecule is COc1cc(OC)cc(N2CCN(C(=O)N(c3nc4ccccc4nc3OC)C(C)C)CC2)c1. The molecule has 0 radical (unpaired) electrons. The Labute approximate surface area is 199 Å². The molecule has 2 amide bonds. The highest BCUT2D eigenvalue weighted by molar-refractivity contribution is 5.94. The van der Waals surface area contributed by atoms with E-state index in [4.69, 9.17) is 19.2 Å². The van der Waals surface area contributed by atoms with Crippen molar-refractivity contribution in [2.75, 3.05) is 57.3 Å². The molecule has 0 aliphatic carbocycles. The van der Waals surface area contributed by atoms with Gasteiger partial charge in [-0.1, -0.05) is 12.1 Å². The molecule has 9 nitrogen and oxygen atoms in total. The van der Waals surface area contributed by atoms with Gasteiger partial charge in [0.05, 0.1) is 32.4 Å². The first-order valence-electron chi connectivity index (χ1n) is 11.3. The van der Waals surface area contributed by atoms with Crippen LogP contribution in [0.3, 0.4) is 0 Å². The number of methoxy groups -OCH3 is 3. The highest BCUT2D eigenvalue weighted by atomic mass is 16.5. The van der Waals surface area contributed by atoms with Gasteiger partial charge in [0.25, 0.3) is 5.88 Å². The van der Waals surface area contributed by atoms with Crippen molar-refractivity contribution in [1.29, 1.82) is 0 Å². The minimum Gasteiger partial charge on any atom is -0.497 e. The second kappa shape index (κ2) is 10.0. The van der Waals surface area contributed by atoms with Crippen molar-refractivity contribution in [3.63, 3.8) is 0 Å². The lowest BCUT2D eigenvalue weighted by molar-refractivity contribution is 0.199. The number of benzene rings is 2. The summed E-state index contributed by atoms with van der Waals surface area (Å²) in [4.78, 5) is 28.7. The molecule has 9 heteroatoms. The van der Waals surface area contributed by atoms with Crippen LogP contribution >= 0.6 is 0 Å². The third-order valence-corrected chi connectivity index (χ3v) is 5.92. The van der Waals surface area contributed by atoms with Crippen LogP contribution in [-0.2, 0) is 0 Å². The smallest absolute Gasteiger partial charge is 0.326 e. The van der Waals surface area contributed by atoms with Gasteiger partial charge in [-0.3, -0.25) is 4.90 Å². The Morgan fingerprint density at radius 1 is 0.882 bits per heavy atom. The van der Waals surface area contributed by atoms with Crippen molar-refractivity contribution >= 4 is 28.6 Å². The maximum atomic E-state index is 13.7. The molecule has 2 heterocycles. The van der Waals surface area contributed by atoms with Crippen LogP contribution in [0.25, 0.3) is 11.0 Å². The van der Waals surface area contributed by atoms with Crippen LogP contribution in [0.5, 0.6) is 17.4 Å². The van der Waals surface area contributed by atoms with Gasteiger partial charge in [-0.25, -0.2) is 14.8 Å². The van der Waals surface area contributed by atoms with E-state index >= 15 is 0 Å². The minimum absolute atomic E-state index is 0.110. The fourth-order valence-corrected chi connectivity index (χ4v) is 4.11. The predicted octanol–water partition coefficient (Wildman–Crippen LogP) is 3.81. The standard InChI is InChI=1S/C25H31N5O4/c1-17(2)30(23-24(34-5)27-22-9-7-6-8-21(22)26-23)25(31)29-12-10-28(11-13-29)18-14-19(32-3)16-20(15-18)33-4/h6-9,14-17H,10-13H2,1-5H3. The second-order valence-corrected chi connectivity index (χ2v) is 8.34. The molecule has 3 aromatic rings. The predicted molar refractivity (Wildman–Crippen MR) is 132 cm³/mol. The van der Waals surface area contributed by atoms with Crippen LogP contribution in [-0.4, -0.2) is 74.4 Å². The van der Waals surface area contributed by atoms with Crippen LogP contribution < -0.4 is 24.0 Å². The van der Waals surface area contributed by atoms with Gasteiger partial charge >= 0.3 is 6.03 Å². The summed E-state index contributed by atoms with van der Waals surface area (Å²) in [5, 5.41) is 0. The molecule has 0 atom stereocenters. The first-order valence-corrected chi connectivity index (χ1v) is 11.3. The molecule has 1 fully saturated rings. The maximum absolute atomic E-state index is 13.7. The Morgan fingerprint density at radius 2 is 1.47 bits per heavy atom. The number of rotatable bonds is 6. The van der Waals surface area contributed by atoms with Crippen molar-refractivity contribution in [2.24, 2.45) is 0 Å². The Hall–Kier alpha value is -3.75. The van der Waals surface area contributed by atoms with Gasteiger partial charge in [-0.15, -0.1) is 0 Å². The fourth-order valence-electron chi connectivity index (χ4n) is 4.11. The topological polar surface area (TPSA) is 80.3 Å². The molecule has 0 spiro atoms. The number of fused-ring (bicyclic) bond motifs is 1. The summed E-state index contributed by atoms with van der Waals surface area (Å²) in [6.45, 7) is 6.46. The van der Waals surface area contributed by atoms with Gasteiger partial charge in [0.15, 0.2) is 0 Å². The Kier molecular flexibility index (Phi) is 6.90. The van der Waals surface area contributed by atoms with E-state index in [0.717, 1.165) is 22.7 Å². The van der Waals surface area contributed by atoms with E-state index in [1.54, 1.807) is 26.2 Å². The third-order valence-electron chi connectivity index (χ3n) is 5.92. The van der Waals surface area contributed by atoms with Gasteiger partial charge in [-0.2, -0.15) is 0 Å². The molecule has 0 unspecified atom stereocenters. The number of hydrogen-bond donors (Lipinski definition) is 0. The number of carbonyl (C=O) groups excluding carboxylic acids is 1. The number of para-hydroxylation sites is 2. The highest BCUT2D eigenvalue weighted by Gasteiger charge is 2.31. The molecule has 2 aromatic carbocycles. The zero-order chi connectivity index (χ0) is 24.2. The monoisotopic (exact) mass is 465 g/mol. The normalized spacial score (nSPS) is 13.8. The summed E-state index contributed by atoms with van der Waals surface area (Å²) >= 11 is 0. The van der Waals surface area contributed by atoms with E-state index in [9.17, 15) is 4.79 Å².